The van der Waals surface area contributed by atoms with Gasteiger partial charge < -0.3 is 31.9 Å². The first-order valence-corrected chi connectivity index (χ1v) is 10.8. The van der Waals surface area contributed by atoms with Gasteiger partial charge in [-0.05, 0) is 30.3 Å². The van der Waals surface area contributed by atoms with E-state index in [2.05, 4.69) is 16.0 Å². The molecule has 29 heavy (non-hydrogen) atoms. The van der Waals surface area contributed by atoms with Gasteiger partial charge in [0, 0.05) is 0 Å². The molecule has 0 spiro atoms. The molecule has 0 bridgehead atoms. The molecule has 7 N–H and O–H groups in total. The van der Waals surface area contributed by atoms with E-state index in [-0.39, 0.29) is 11.8 Å². The van der Waals surface area contributed by atoms with Gasteiger partial charge in [0.1, 0.15) is 24.2 Å². The van der Waals surface area contributed by atoms with Crippen molar-refractivity contribution in [3.05, 3.63) is 0 Å². The molecule has 0 aromatic carbocycles. The molecule has 0 saturated heterocycles. The van der Waals surface area contributed by atoms with E-state index in [0.29, 0.717) is 12.2 Å². The third-order valence-electron chi connectivity index (χ3n) is 4.25. The number of rotatable bonds is 13. The Bertz CT molecular complexity index is 573. The van der Waals surface area contributed by atoms with E-state index in [9.17, 15) is 24.3 Å². The Kier molecular flexibility index (Phi) is 12.5. The van der Waals surface area contributed by atoms with Crippen molar-refractivity contribution in [3.63, 3.8) is 0 Å². The Morgan fingerprint density at radius 3 is 1.83 bits per heavy atom. The zero-order valence-electron chi connectivity index (χ0n) is 17.6. The van der Waals surface area contributed by atoms with Gasteiger partial charge in [-0.3, -0.25) is 14.4 Å². The molecule has 0 aliphatic heterocycles. The fraction of sp³-hybridized carbons (Fsp3) is 0.778. The Labute approximate surface area is 175 Å². The normalized spacial score (nSPS) is 15.3. The summed E-state index contributed by atoms with van der Waals surface area (Å²) in [6.07, 6.45) is 2.14. The summed E-state index contributed by atoms with van der Waals surface area (Å²) in [5.41, 5.74) is 5.48. The van der Waals surface area contributed by atoms with Crippen LogP contribution < -0.4 is 21.7 Å². The maximum atomic E-state index is 12.7. The predicted molar refractivity (Wildman–Crippen MR) is 111 cm³/mol. The van der Waals surface area contributed by atoms with Crippen LogP contribution in [-0.4, -0.2) is 76.7 Å². The molecule has 4 atom stereocenters. The maximum Gasteiger partial charge on any atom is 0.326 e. The topological polar surface area (TPSA) is 171 Å². The lowest BCUT2D eigenvalue weighted by Crippen LogP contribution is -2.59. The van der Waals surface area contributed by atoms with Gasteiger partial charge in [-0.2, -0.15) is 11.8 Å². The summed E-state index contributed by atoms with van der Waals surface area (Å²) >= 11 is 1.48. The third kappa shape index (κ3) is 9.46. The van der Waals surface area contributed by atoms with Crippen LogP contribution in [0.2, 0.25) is 0 Å². The van der Waals surface area contributed by atoms with Crippen LogP contribution >= 0.6 is 11.8 Å². The van der Waals surface area contributed by atoms with Gasteiger partial charge >= 0.3 is 5.97 Å². The summed E-state index contributed by atoms with van der Waals surface area (Å²) in [6.45, 7) is 6.20. The van der Waals surface area contributed by atoms with E-state index in [1.54, 1.807) is 27.7 Å². The third-order valence-corrected chi connectivity index (χ3v) is 4.90. The molecule has 0 aromatic rings. The van der Waals surface area contributed by atoms with Crippen molar-refractivity contribution >= 4 is 35.5 Å². The number of nitrogens with one attached hydrogen (secondary N) is 3. The van der Waals surface area contributed by atoms with Crippen LogP contribution in [0.1, 0.15) is 34.1 Å². The zero-order valence-corrected chi connectivity index (χ0v) is 18.4. The van der Waals surface area contributed by atoms with Crippen LogP contribution in [0.25, 0.3) is 0 Å². The predicted octanol–water partition coefficient (Wildman–Crippen LogP) is -1.09. The van der Waals surface area contributed by atoms with Crippen LogP contribution in [0.5, 0.6) is 0 Å². The van der Waals surface area contributed by atoms with Crippen LogP contribution in [0.4, 0.5) is 0 Å². The second kappa shape index (κ2) is 13.4. The largest absolute Gasteiger partial charge is 0.480 e. The molecule has 0 aliphatic carbocycles. The van der Waals surface area contributed by atoms with E-state index in [1.165, 1.54) is 11.8 Å². The maximum absolute atomic E-state index is 12.7. The molecule has 11 heteroatoms. The lowest BCUT2D eigenvalue weighted by Gasteiger charge is -2.27. The lowest BCUT2D eigenvalue weighted by molar-refractivity contribution is -0.143. The van der Waals surface area contributed by atoms with Crippen LogP contribution in [-0.2, 0) is 19.2 Å². The molecule has 0 aromatic heterocycles. The minimum atomic E-state index is -1.16. The fourth-order valence-electron chi connectivity index (χ4n) is 2.41. The van der Waals surface area contributed by atoms with Crippen molar-refractivity contribution in [3.8, 4) is 0 Å². The second-order valence-electron chi connectivity index (χ2n) is 7.43. The minimum Gasteiger partial charge on any atom is -0.480 e. The van der Waals surface area contributed by atoms with Crippen LogP contribution in [0, 0.1) is 11.8 Å². The molecule has 4 unspecified atom stereocenters. The summed E-state index contributed by atoms with van der Waals surface area (Å²) in [7, 11) is 0. The Morgan fingerprint density at radius 1 is 0.897 bits per heavy atom. The molecule has 0 fully saturated rings. The van der Waals surface area contributed by atoms with Gasteiger partial charge in [0.2, 0.25) is 17.7 Å². The summed E-state index contributed by atoms with van der Waals surface area (Å²) in [6, 6.07) is -4.17. The number of aliphatic carboxylic acids is 1. The molecular formula is C18H34N4O6S. The quantitative estimate of drug-likeness (QED) is 0.212. The second-order valence-corrected chi connectivity index (χ2v) is 8.42. The van der Waals surface area contributed by atoms with Crippen LogP contribution in [0.15, 0.2) is 0 Å². The van der Waals surface area contributed by atoms with Gasteiger partial charge in [-0.25, -0.2) is 4.79 Å². The summed E-state index contributed by atoms with van der Waals surface area (Å²) < 4.78 is 0. The van der Waals surface area contributed by atoms with Crippen molar-refractivity contribution in [1.29, 1.82) is 0 Å². The Morgan fingerprint density at radius 2 is 1.41 bits per heavy atom. The molecule has 0 aliphatic rings. The van der Waals surface area contributed by atoms with E-state index < -0.39 is 54.5 Å². The lowest BCUT2D eigenvalue weighted by atomic mass is 9.99. The minimum absolute atomic E-state index is 0.299. The smallest absolute Gasteiger partial charge is 0.326 e. The van der Waals surface area contributed by atoms with E-state index in [1.807, 2.05) is 6.26 Å². The van der Waals surface area contributed by atoms with Crippen molar-refractivity contribution in [2.24, 2.45) is 17.6 Å². The number of carboxylic acid groups (broad SMARTS) is 1. The number of carbonyl (C=O) groups excluding carboxylic acids is 3. The van der Waals surface area contributed by atoms with Crippen molar-refractivity contribution in [2.75, 3.05) is 18.6 Å². The molecule has 0 heterocycles. The van der Waals surface area contributed by atoms with Crippen molar-refractivity contribution in [1.82, 2.24) is 16.0 Å². The highest BCUT2D eigenvalue weighted by molar-refractivity contribution is 7.98. The highest BCUT2D eigenvalue weighted by atomic mass is 32.2. The molecule has 0 radical (unpaired) electrons. The SMILES string of the molecule is CSCCC(NC(=O)C(N)CO)C(=O)NC(C(=O)NC(C(=O)O)C(C)C)C(C)C. The average Bonchev–Trinajstić information content (AvgIpc) is 2.65. The standard InChI is InChI=1S/C18H34N4O6S/c1-9(2)13(17(26)22-14(10(3)4)18(27)28)21-16(25)12(6-7-29-5)20-15(24)11(19)8-23/h9-14,23H,6-8,19H2,1-5H3,(H,20,24)(H,21,25)(H,22,26)(H,27,28). The van der Waals surface area contributed by atoms with Gasteiger partial charge in [0.25, 0.3) is 0 Å². The number of aliphatic hydroxyl groups is 1. The Balaban J connectivity index is 5.32. The number of amides is 3. The van der Waals surface area contributed by atoms with E-state index >= 15 is 0 Å². The van der Waals surface area contributed by atoms with Gasteiger partial charge in [-0.15, -0.1) is 0 Å². The molecule has 3 amide bonds. The molecular weight excluding hydrogens is 400 g/mol. The van der Waals surface area contributed by atoms with Crippen LogP contribution in [0.3, 0.4) is 0 Å². The first-order chi connectivity index (χ1) is 13.5. The zero-order chi connectivity index (χ0) is 22.7. The number of hydrogen-bond acceptors (Lipinski definition) is 7. The monoisotopic (exact) mass is 434 g/mol. The number of thioether (sulfide) groups is 1. The highest BCUT2D eigenvalue weighted by Gasteiger charge is 2.32. The summed E-state index contributed by atoms with van der Waals surface area (Å²) in [5.74, 6) is -3.13. The highest BCUT2D eigenvalue weighted by Crippen LogP contribution is 2.08. The molecule has 10 nitrogen and oxygen atoms in total. The number of carboxylic acids is 1. The molecule has 0 rings (SSSR count). The van der Waals surface area contributed by atoms with Gasteiger partial charge in [-0.1, -0.05) is 27.7 Å². The van der Waals surface area contributed by atoms with Gasteiger partial charge in [0.15, 0.2) is 0 Å². The molecule has 168 valence electrons. The van der Waals surface area contributed by atoms with Gasteiger partial charge in [0.05, 0.1) is 6.61 Å². The van der Waals surface area contributed by atoms with E-state index in [0.717, 1.165) is 0 Å². The van der Waals surface area contributed by atoms with E-state index in [4.69, 9.17) is 10.8 Å². The van der Waals surface area contributed by atoms with Crippen molar-refractivity contribution < 1.29 is 29.4 Å². The fourth-order valence-corrected chi connectivity index (χ4v) is 2.88. The molecule has 0 saturated carbocycles. The van der Waals surface area contributed by atoms with Crippen molar-refractivity contribution in [2.45, 2.75) is 58.3 Å². The Hall–Kier alpha value is -1.85. The number of nitrogens with two attached hydrogens (primary N) is 1. The first kappa shape index (κ1) is 27.1. The first-order valence-electron chi connectivity index (χ1n) is 9.45. The average molecular weight is 435 g/mol. The summed E-state index contributed by atoms with van der Waals surface area (Å²) in [4.78, 5) is 48.7. The number of carbonyl (C=O) groups is 4. The number of hydrogen-bond donors (Lipinski definition) is 6. The number of aliphatic hydroxyl groups excluding tert-OH is 1. The summed E-state index contributed by atoms with van der Waals surface area (Å²) in [5, 5.41) is 25.8.